The van der Waals surface area contributed by atoms with Crippen LogP contribution in [0.2, 0.25) is 5.02 Å². The molecule has 0 aliphatic heterocycles. The Labute approximate surface area is 137 Å². The number of amides is 3. The Bertz CT molecular complexity index is 536. The van der Waals surface area contributed by atoms with Crippen molar-refractivity contribution < 1.29 is 19.1 Å². The van der Waals surface area contributed by atoms with Gasteiger partial charge >= 0.3 is 12.0 Å². The van der Waals surface area contributed by atoms with Crippen LogP contribution >= 0.6 is 23.4 Å². The second-order valence-electron chi connectivity index (χ2n) is 4.25. The first-order valence-corrected chi connectivity index (χ1v) is 7.89. The van der Waals surface area contributed by atoms with Crippen LogP contribution in [0.1, 0.15) is 13.3 Å². The summed E-state index contributed by atoms with van der Waals surface area (Å²) in [6.45, 7) is 1.41. The van der Waals surface area contributed by atoms with Crippen molar-refractivity contribution in [3.05, 3.63) is 29.3 Å². The highest BCUT2D eigenvalue weighted by Gasteiger charge is 2.19. The number of halogens is 1. The summed E-state index contributed by atoms with van der Waals surface area (Å²) in [5.74, 6) is -0.649. The fourth-order valence-electron chi connectivity index (χ4n) is 1.37. The van der Waals surface area contributed by atoms with Gasteiger partial charge in [0.1, 0.15) is 0 Å². The number of carbonyl (C=O) groups excluding carboxylic acids is 3. The monoisotopic (exact) mass is 344 g/mol. The molecule has 1 rings (SSSR count). The van der Waals surface area contributed by atoms with E-state index in [0.29, 0.717) is 10.8 Å². The highest BCUT2D eigenvalue weighted by Crippen LogP contribution is 2.21. The molecule has 3 amide bonds. The number of hydrogen-bond donors (Lipinski definition) is 2. The molecule has 1 aromatic rings. The number of benzene rings is 1. The van der Waals surface area contributed by atoms with Gasteiger partial charge in [0.05, 0.1) is 6.42 Å². The molecule has 2 N–H and O–H groups in total. The Morgan fingerprint density at radius 1 is 1.27 bits per heavy atom. The molecule has 0 heterocycles. The van der Waals surface area contributed by atoms with Crippen LogP contribution in [0.4, 0.5) is 4.79 Å². The maximum absolute atomic E-state index is 11.6. The molecule has 6 nitrogen and oxygen atoms in total. The van der Waals surface area contributed by atoms with E-state index in [2.05, 4.69) is 5.32 Å². The van der Waals surface area contributed by atoms with Gasteiger partial charge in [-0.2, -0.15) is 0 Å². The summed E-state index contributed by atoms with van der Waals surface area (Å²) >= 11 is 7.26. The summed E-state index contributed by atoms with van der Waals surface area (Å²) in [6.07, 6.45) is -0.865. The molecular formula is C14H17ClN2O4S. The fraction of sp³-hybridized carbons (Fsp3) is 0.357. The van der Waals surface area contributed by atoms with E-state index in [4.69, 9.17) is 16.3 Å². The molecule has 0 saturated carbocycles. The van der Waals surface area contributed by atoms with E-state index in [0.717, 1.165) is 4.90 Å². The molecule has 0 fully saturated rings. The van der Waals surface area contributed by atoms with Gasteiger partial charge in [0.25, 0.3) is 5.91 Å². The summed E-state index contributed by atoms with van der Waals surface area (Å²) in [4.78, 5) is 35.1. The van der Waals surface area contributed by atoms with Crippen molar-refractivity contribution in [2.45, 2.75) is 24.3 Å². The van der Waals surface area contributed by atoms with Crippen LogP contribution in [0.3, 0.4) is 0 Å². The van der Waals surface area contributed by atoms with Crippen molar-refractivity contribution >= 4 is 41.3 Å². The van der Waals surface area contributed by atoms with Crippen LogP contribution in [0.15, 0.2) is 29.2 Å². The minimum atomic E-state index is -1.02. The fourth-order valence-corrected chi connectivity index (χ4v) is 2.33. The molecule has 0 aliphatic rings. The highest BCUT2D eigenvalue weighted by atomic mass is 35.5. The second kappa shape index (κ2) is 9.32. The van der Waals surface area contributed by atoms with E-state index in [1.807, 2.05) is 17.4 Å². The van der Waals surface area contributed by atoms with E-state index in [9.17, 15) is 14.4 Å². The number of rotatable bonds is 6. The van der Waals surface area contributed by atoms with Crippen LogP contribution in [-0.2, 0) is 14.3 Å². The van der Waals surface area contributed by atoms with Crippen molar-refractivity contribution in [3.63, 3.8) is 0 Å². The average molecular weight is 345 g/mol. The molecule has 0 aliphatic carbocycles. The number of urea groups is 1. The van der Waals surface area contributed by atoms with Gasteiger partial charge in [-0.05, 0) is 31.2 Å². The Morgan fingerprint density at radius 2 is 1.91 bits per heavy atom. The number of imide groups is 1. The second-order valence-corrected chi connectivity index (χ2v) is 5.86. The van der Waals surface area contributed by atoms with E-state index < -0.39 is 24.0 Å². The van der Waals surface area contributed by atoms with Gasteiger partial charge in [-0.1, -0.05) is 11.6 Å². The van der Waals surface area contributed by atoms with Gasteiger partial charge in [0, 0.05) is 22.7 Å². The number of thioether (sulfide) groups is 1. The molecule has 1 aromatic carbocycles. The van der Waals surface area contributed by atoms with Crippen LogP contribution < -0.4 is 10.6 Å². The summed E-state index contributed by atoms with van der Waals surface area (Å²) in [5, 5.41) is 4.93. The van der Waals surface area contributed by atoms with Crippen molar-refractivity contribution in [1.29, 1.82) is 0 Å². The molecule has 0 radical (unpaired) electrons. The lowest BCUT2D eigenvalue weighted by Gasteiger charge is -2.12. The molecule has 120 valence electrons. The first-order chi connectivity index (χ1) is 10.4. The van der Waals surface area contributed by atoms with Gasteiger partial charge in [-0.3, -0.25) is 14.9 Å². The van der Waals surface area contributed by atoms with Gasteiger partial charge in [-0.25, -0.2) is 4.79 Å². The number of carbonyl (C=O) groups is 3. The quantitative estimate of drug-likeness (QED) is 0.610. The van der Waals surface area contributed by atoms with Crippen LogP contribution in [0.25, 0.3) is 0 Å². The summed E-state index contributed by atoms with van der Waals surface area (Å²) in [7, 11) is 1.38. The number of hydrogen-bond acceptors (Lipinski definition) is 5. The largest absolute Gasteiger partial charge is 0.453 e. The van der Waals surface area contributed by atoms with Crippen molar-refractivity contribution in [1.82, 2.24) is 10.6 Å². The first kappa shape index (κ1) is 18.3. The van der Waals surface area contributed by atoms with Crippen LogP contribution in [-0.4, -0.2) is 36.8 Å². The topological polar surface area (TPSA) is 84.5 Å². The van der Waals surface area contributed by atoms with E-state index in [-0.39, 0.29) is 6.42 Å². The van der Waals surface area contributed by atoms with Crippen molar-refractivity contribution in [2.75, 3.05) is 12.8 Å². The lowest BCUT2D eigenvalue weighted by molar-refractivity contribution is -0.154. The number of nitrogens with one attached hydrogen (secondary N) is 2. The molecule has 0 saturated heterocycles. The Balaban J connectivity index is 2.29. The predicted molar refractivity (Wildman–Crippen MR) is 84.9 cm³/mol. The van der Waals surface area contributed by atoms with Gasteiger partial charge in [-0.15, -0.1) is 11.8 Å². The smallest absolute Gasteiger partial charge is 0.321 e. The minimum absolute atomic E-state index is 0.158. The zero-order chi connectivity index (χ0) is 16.5. The van der Waals surface area contributed by atoms with E-state index >= 15 is 0 Å². The molecular weight excluding hydrogens is 328 g/mol. The summed E-state index contributed by atoms with van der Waals surface area (Å²) in [5.41, 5.74) is 0. The molecule has 0 spiro atoms. The van der Waals surface area contributed by atoms with E-state index in [1.54, 1.807) is 12.1 Å². The molecule has 8 heteroatoms. The SMILES string of the molecule is CNC(=O)NC(=O)[C@@H](C)OC(=O)CCSc1ccc(Cl)cc1. The van der Waals surface area contributed by atoms with Gasteiger partial charge in [0.2, 0.25) is 0 Å². The Morgan fingerprint density at radius 3 is 2.50 bits per heavy atom. The molecule has 22 heavy (non-hydrogen) atoms. The van der Waals surface area contributed by atoms with E-state index in [1.165, 1.54) is 25.7 Å². The molecule has 1 atom stereocenters. The Hall–Kier alpha value is -1.73. The summed E-state index contributed by atoms with van der Waals surface area (Å²) in [6, 6.07) is 6.61. The molecule has 0 unspecified atom stereocenters. The third-order valence-electron chi connectivity index (χ3n) is 2.53. The lowest BCUT2D eigenvalue weighted by atomic mass is 10.3. The minimum Gasteiger partial charge on any atom is -0.453 e. The maximum Gasteiger partial charge on any atom is 0.321 e. The average Bonchev–Trinajstić information content (AvgIpc) is 2.49. The molecule has 0 aromatic heterocycles. The predicted octanol–water partition coefficient (Wildman–Crippen LogP) is 2.21. The van der Waals surface area contributed by atoms with Gasteiger partial charge < -0.3 is 10.1 Å². The normalized spacial score (nSPS) is 11.4. The zero-order valence-corrected chi connectivity index (χ0v) is 13.8. The van der Waals surface area contributed by atoms with Crippen LogP contribution in [0.5, 0.6) is 0 Å². The maximum atomic E-state index is 11.6. The third-order valence-corrected chi connectivity index (χ3v) is 3.80. The van der Waals surface area contributed by atoms with Crippen LogP contribution in [0, 0.1) is 0 Å². The first-order valence-electron chi connectivity index (χ1n) is 6.52. The van der Waals surface area contributed by atoms with Crippen molar-refractivity contribution in [3.8, 4) is 0 Å². The van der Waals surface area contributed by atoms with Crippen molar-refractivity contribution in [2.24, 2.45) is 0 Å². The number of esters is 1. The third kappa shape index (κ3) is 6.82. The highest BCUT2D eigenvalue weighted by molar-refractivity contribution is 7.99. The lowest BCUT2D eigenvalue weighted by Crippen LogP contribution is -2.43. The number of ether oxygens (including phenoxy) is 1. The van der Waals surface area contributed by atoms with Gasteiger partial charge in [0.15, 0.2) is 6.10 Å². The summed E-state index contributed by atoms with van der Waals surface area (Å²) < 4.78 is 4.95. The zero-order valence-electron chi connectivity index (χ0n) is 12.2. The molecule has 0 bridgehead atoms. The standard InChI is InChI=1S/C14H17ClN2O4S/c1-9(13(19)17-14(20)16-2)21-12(18)7-8-22-11-5-3-10(15)4-6-11/h3-6,9H,7-8H2,1-2H3,(H2,16,17,19,20)/t9-/m1/s1. The Kier molecular flexibility index (Phi) is 7.76.